The quantitative estimate of drug-likeness (QED) is 0.614. The van der Waals surface area contributed by atoms with Crippen LogP contribution in [-0.4, -0.2) is 28.3 Å². The highest BCUT2D eigenvalue weighted by atomic mass is 35.5. The van der Waals surface area contributed by atoms with Crippen LogP contribution >= 0.6 is 11.6 Å². The summed E-state index contributed by atoms with van der Waals surface area (Å²) >= 11 is 5.77. The number of nitro benzene ring substituents is 1. The number of benzene rings is 1. The zero-order valence-electron chi connectivity index (χ0n) is 9.88. The van der Waals surface area contributed by atoms with Gasteiger partial charge in [-0.2, -0.15) is 5.26 Å². The maximum atomic E-state index is 12.3. The minimum atomic E-state index is -0.674. The Bertz CT molecular complexity index is 582. The van der Waals surface area contributed by atoms with Crippen LogP contribution in [0.3, 0.4) is 0 Å². The van der Waals surface area contributed by atoms with Crippen LogP contribution < -0.4 is 0 Å². The summed E-state index contributed by atoms with van der Waals surface area (Å²) < 4.78 is 0. The monoisotopic (exact) mass is 279 g/mol. The van der Waals surface area contributed by atoms with Crippen LogP contribution in [0.25, 0.3) is 0 Å². The van der Waals surface area contributed by atoms with Crippen LogP contribution in [-0.2, 0) is 0 Å². The molecule has 19 heavy (non-hydrogen) atoms. The number of likely N-dealkylation sites (tertiary alicyclic amines) is 1. The minimum absolute atomic E-state index is 0.0698. The van der Waals surface area contributed by atoms with E-state index < -0.39 is 22.6 Å². The Morgan fingerprint density at radius 3 is 2.95 bits per heavy atom. The lowest BCUT2D eigenvalue weighted by Crippen LogP contribution is -2.34. The summed E-state index contributed by atoms with van der Waals surface area (Å²) in [6.07, 6.45) is 1.31. The molecule has 0 N–H and O–H groups in total. The molecule has 0 aromatic heterocycles. The maximum absolute atomic E-state index is 12.3. The smallest absolute Gasteiger partial charge is 0.300 e. The number of halogens is 1. The van der Waals surface area contributed by atoms with Crippen molar-refractivity contribution in [1.82, 2.24) is 4.90 Å². The van der Waals surface area contributed by atoms with Crippen LogP contribution in [0.1, 0.15) is 23.2 Å². The number of nitro groups is 1. The lowest BCUT2D eigenvalue weighted by molar-refractivity contribution is -0.385. The molecule has 1 aliphatic heterocycles. The van der Waals surface area contributed by atoms with Gasteiger partial charge in [-0.1, -0.05) is 17.7 Å². The van der Waals surface area contributed by atoms with Gasteiger partial charge in [0.2, 0.25) is 0 Å². The Hall–Kier alpha value is -2.13. The van der Waals surface area contributed by atoms with Gasteiger partial charge in [-0.25, -0.2) is 0 Å². The molecule has 2 rings (SSSR count). The van der Waals surface area contributed by atoms with E-state index in [1.54, 1.807) is 0 Å². The molecule has 1 fully saturated rings. The van der Waals surface area contributed by atoms with Crippen LogP contribution in [0, 0.1) is 21.4 Å². The number of nitriles is 1. The van der Waals surface area contributed by atoms with E-state index in [1.165, 1.54) is 23.1 Å². The first-order valence-corrected chi connectivity index (χ1v) is 6.07. The van der Waals surface area contributed by atoms with Crippen molar-refractivity contribution in [3.05, 3.63) is 38.9 Å². The molecule has 0 radical (unpaired) electrons. The van der Waals surface area contributed by atoms with E-state index in [2.05, 4.69) is 0 Å². The number of carbonyl (C=O) groups excluding carboxylic acids is 1. The average molecular weight is 280 g/mol. The normalized spacial score (nSPS) is 18.1. The molecule has 1 saturated heterocycles. The van der Waals surface area contributed by atoms with Gasteiger partial charge in [0, 0.05) is 6.54 Å². The van der Waals surface area contributed by atoms with Crippen molar-refractivity contribution in [2.45, 2.75) is 18.9 Å². The SMILES string of the molecule is N#CC1CCCN1C(=O)c1cccc(Cl)c1[N+](=O)[O-]. The lowest BCUT2D eigenvalue weighted by Gasteiger charge is -2.19. The van der Waals surface area contributed by atoms with E-state index in [0.717, 1.165) is 6.42 Å². The number of rotatable bonds is 2. The summed E-state index contributed by atoms with van der Waals surface area (Å²) in [6.45, 7) is 0.431. The second kappa shape index (κ2) is 5.24. The fraction of sp³-hybridized carbons (Fsp3) is 0.333. The number of para-hydroxylation sites is 1. The molecular formula is C12H10ClN3O3. The molecule has 0 bridgehead atoms. The molecule has 1 aliphatic rings. The third kappa shape index (κ3) is 2.37. The number of hydrogen-bond acceptors (Lipinski definition) is 4. The zero-order chi connectivity index (χ0) is 14.0. The van der Waals surface area contributed by atoms with Crippen molar-refractivity contribution in [2.24, 2.45) is 0 Å². The molecular weight excluding hydrogens is 270 g/mol. The molecule has 98 valence electrons. The third-order valence-corrected chi connectivity index (χ3v) is 3.37. The summed E-state index contributed by atoms with van der Waals surface area (Å²) in [5.74, 6) is -0.516. The van der Waals surface area contributed by atoms with Crippen molar-refractivity contribution >= 4 is 23.2 Å². The first-order valence-electron chi connectivity index (χ1n) is 5.69. The van der Waals surface area contributed by atoms with Gasteiger partial charge < -0.3 is 4.90 Å². The fourth-order valence-corrected chi connectivity index (χ4v) is 2.42. The largest absolute Gasteiger partial charge is 0.322 e. The third-order valence-electron chi connectivity index (χ3n) is 3.06. The molecule has 1 aromatic rings. The van der Waals surface area contributed by atoms with E-state index in [-0.39, 0.29) is 10.6 Å². The number of carbonyl (C=O) groups is 1. The number of amides is 1. The molecule has 1 aromatic carbocycles. The van der Waals surface area contributed by atoms with E-state index in [4.69, 9.17) is 16.9 Å². The zero-order valence-corrected chi connectivity index (χ0v) is 10.6. The van der Waals surface area contributed by atoms with Crippen LogP contribution in [0.5, 0.6) is 0 Å². The molecule has 6 nitrogen and oxygen atoms in total. The lowest BCUT2D eigenvalue weighted by atomic mass is 10.1. The van der Waals surface area contributed by atoms with E-state index >= 15 is 0 Å². The molecule has 0 aliphatic carbocycles. The van der Waals surface area contributed by atoms with Crippen LogP contribution in [0.2, 0.25) is 5.02 Å². The second-order valence-corrected chi connectivity index (χ2v) is 4.59. The summed E-state index contributed by atoms with van der Waals surface area (Å²) in [7, 11) is 0. The second-order valence-electron chi connectivity index (χ2n) is 4.18. The van der Waals surface area contributed by atoms with E-state index in [1.807, 2.05) is 6.07 Å². The van der Waals surface area contributed by atoms with Gasteiger partial charge in [0.25, 0.3) is 5.91 Å². The minimum Gasteiger partial charge on any atom is -0.322 e. The predicted molar refractivity (Wildman–Crippen MR) is 67.8 cm³/mol. The Balaban J connectivity index is 2.43. The van der Waals surface area contributed by atoms with Crippen LogP contribution in [0.4, 0.5) is 5.69 Å². The van der Waals surface area contributed by atoms with E-state index in [0.29, 0.717) is 13.0 Å². The van der Waals surface area contributed by atoms with Gasteiger partial charge >= 0.3 is 5.69 Å². The summed E-state index contributed by atoms with van der Waals surface area (Å²) in [5.41, 5.74) is -0.475. The first-order chi connectivity index (χ1) is 9.06. The van der Waals surface area contributed by atoms with Gasteiger partial charge in [-0.15, -0.1) is 0 Å². The van der Waals surface area contributed by atoms with Crippen molar-refractivity contribution in [3.63, 3.8) is 0 Å². The molecule has 0 saturated carbocycles. The van der Waals surface area contributed by atoms with Crippen molar-refractivity contribution in [1.29, 1.82) is 5.26 Å². The van der Waals surface area contributed by atoms with Gasteiger partial charge in [0.1, 0.15) is 16.6 Å². The Kier molecular flexibility index (Phi) is 3.67. The molecule has 0 spiro atoms. The van der Waals surface area contributed by atoms with Gasteiger partial charge in [0.05, 0.1) is 11.0 Å². The first kappa shape index (κ1) is 13.3. The molecule has 1 amide bonds. The Labute approximate surface area is 114 Å². The highest BCUT2D eigenvalue weighted by Crippen LogP contribution is 2.30. The fourth-order valence-electron chi connectivity index (χ4n) is 2.17. The Morgan fingerprint density at radius 1 is 1.58 bits per heavy atom. The van der Waals surface area contributed by atoms with E-state index in [9.17, 15) is 14.9 Å². The topological polar surface area (TPSA) is 87.2 Å². The maximum Gasteiger partial charge on any atom is 0.300 e. The highest BCUT2D eigenvalue weighted by molar-refractivity contribution is 6.33. The predicted octanol–water partition coefficient (Wildman–Crippen LogP) is 2.38. The molecule has 1 unspecified atom stereocenters. The highest BCUT2D eigenvalue weighted by Gasteiger charge is 2.33. The van der Waals surface area contributed by atoms with Crippen molar-refractivity contribution in [3.8, 4) is 6.07 Å². The number of nitrogens with zero attached hydrogens (tertiary/aromatic N) is 3. The summed E-state index contributed by atoms with van der Waals surface area (Å²) in [4.78, 5) is 24.0. The summed E-state index contributed by atoms with van der Waals surface area (Å²) in [5, 5.41) is 19.9. The van der Waals surface area contributed by atoms with Crippen molar-refractivity contribution < 1.29 is 9.72 Å². The summed E-state index contributed by atoms with van der Waals surface area (Å²) in [6, 6.07) is 5.72. The standard InChI is InChI=1S/C12H10ClN3O3/c13-10-5-1-4-9(11(10)16(18)19)12(17)15-6-2-3-8(15)7-14/h1,4-5,8H,2-3,6H2. The van der Waals surface area contributed by atoms with Gasteiger partial charge in [0.15, 0.2) is 0 Å². The van der Waals surface area contributed by atoms with Gasteiger partial charge in [-0.05, 0) is 25.0 Å². The molecule has 1 heterocycles. The molecule has 7 heteroatoms. The van der Waals surface area contributed by atoms with Crippen LogP contribution in [0.15, 0.2) is 18.2 Å². The number of hydrogen-bond donors (Lipinski definition) is 0. The van der Waals surface area contributed by atoms with Crippen molar-refractivity contribution in [2.75, 3.05) is 6.54 Å². The van der Waals surface area contributed by atoms with Gasteiger partial charge in [-0.3, -0.25) is 14.9 Å². The molecule has 1 atom stereocenters. The Morgan fingerprint density at radius 2 is 2.32 bits per heavy atom. The average Bonchev–Trinajstić information content (AvgIpc) is 2.85.